The van der Waals surface area contributed by atoms with E-state index in [1.165, 1.54) is 0 Å². The van der Waals surface area contributed by atoms with E-state index >= 15 is 0 Å². The highest BCUT2D eigenvalue weighted by Crippen LogP contribution is 2.39. The number of rotatable bonds is 1. The van der Waals surface area contributed by atoms with Crippen LogP contribution in [0.2, 0.25) is 0 Å². The van der Waals surface area contributed by atoms with Gasteiger partial charge in [-0.05, 0) is 17.5 Å². The highest BCUT2D eigenvalue weighted by molar-refractivity contribution is 9.10. The van der Waals surface area contributed by atoms with Gasteiger partial charge in [0.1, 0.15) is 5.75 Å². The van der Waals surface area contributed by atoms with Gasteiger partial charge in [0.15, 0.2) is 0 Å². The molecule has 1 aromatic rings. The van der Waals surface area contributed by atoms with Crippen molar-refractivity contribution in [3.05, 3.63) is 27.7 Å². The molecule has 18 heavy (non-hydrogen) atoms. The molecule has 0 bridgehead atoms. The predicted octanol–water partition coefficient (Wildman–Crippen LogP) is 3.11. The Hall–Kier alpha value is -0.580. The summed E-state index contributed by atoms with van der Waals surface area (Å²) in [6.45, 7) is 8.58. The first-order chi connectivity index (χ1) is 8.39. The van der Waals surface area contributed by atoms with Gasteiger partial charge in [-0.25, -0.2) is 0 Å². The van der Waals surface area contributed by atoms with E-state index in [0.717, 1.165) is 28.7 Å². The van der Waals surface area contributed by atoms with Gasteiger partial charge >= 0.3 is 0 Å². The average Bonchev–Trinajstić information content (AvgIpc) is 2.31. The molecule has 0 aromatic heterocycles. The smallest absolute Gasteiger partial charge is 0.125 e. The number of hydrogen-bond donors (Lipinski definition) is 2. The van der Waals surface area contributed by atoms with Crippen LogP contribution in [0.1, 0.15) is 38.0 Å². The lowest BCUT2D eigenvalue weighted by atomic mass is 9.84. The summed E-state index contributed by atoms with van der Waals surface area (Å²) >= 11 is 3.52. The van der Waals surface area contributed by atoms with Gasteiger partial charge in [0, 0.05) is 28.7 Å². The van der Waals surface area contributed by atoms with E-state index in [0.29, 0.717) is 12.4 Å². The summed E-state index contributed by atoms with van der Waals surface area (Å²) in [5.41, 5.74) is 1.72. The van der Waals surface area contributed by atoms with Gasteiger partial charge in [-0.15, -0.1) is 0 Å². The summed E-state index contributed by atoms with van der Waals surface area (Å²) in [6.07, 6.45) is -0.0719. The molecular weight excluding hydrogens is 294 g/mol. The zero-order valence-electron chi connectivity index (χ0n) is 11.1. The topological polar surface area (TPSA) is 41.5 Å². The molecule has 0 aliphatic carbocycles. The van der Waals surface area contributed by atoms with Gasteiger partial charge in [-0.3, -0.25) is 0 Å². The molecule has 0 radical (unpaired) electrons. The third kappa shape index (κ3) is 2.87. The summed E-state index contributed by atoms with van der Waals surface area (Å²) in [6, 6.07) is 3.93. The minimum absolute atomic E-state index is 0.0719. The maximum absolute atomic E-state index is 10.5. The molecule has 0 amide bonds. The minimum atomic E-state index is -0.0926. The lowest BCUT2D eigenvalue weighted by Gasteiger charge is -2.28. The lowest BCUT2D eigenvalue weighted by Crippen LogP contribution is -2.33. The number of hydrogen-bond acceptors (Lipinski definition) is 3. The van der Waals surface area contributed by atoms with Gasteiger partial charge in [-0.2, -0.15) is 0 Å². The SMILES string of the molecule is CC(C)(C)c1cc(Br)cc(C2CNCCO2)c1O. The fourth-order valence-electron chi connectivity index (χ4n) is 2.20. The molecule has 1 atom stereocenters. The Bertz CT molecular complexity index is 434. The number of ether oxygens (including phenoxy) is 1. The zero-order chi connectivity index (χ0) is 13.3. The van der Waals surface area contributed by atoms with Gasteiger partial charge in [0.25, 0.3) is 0 Å². The number of phenolic OH excluding ortho intramolecular Hbond substituents is 1. The van der Waals surface area contributed by atoms with Crippen LogP contribution in [-0.2, 0) is 10.2 Å². The molecule has 1 fully saturated rings. The van der Waals surface area contributed by atoms with E-state index in [-0.39, 0.29) is 11.5 Å². The summed E-state index contributed by atoms with van der Waals surface area (Å²) < 4.78 is 6.71. The molecule has 1 aliphatic heterocycles. The molecule has 1 heterocycles. The molecule has 3 nitrogen and oxygen atoms in total. The molecule has 4 heteroatoms. The highest BCUT2D eigenvalue weighted by atomic mass is 79.9. The molecule has 1 aliphatic rings. The number of phenols is 1. The van der Waals surface area contributed by atoms with Crippen LogP contribution >= 0.6 is 15.9 Å². The van der Waals surface area contributed by atoms with Gasteiger partial charge in [-0.1, -0.05) is 36.7 Å². The van der Waals surface area contributed by atoms with Gasteiger partial charge in [0.2, 0.25) is 0 Å². The number of nitrogens with one attached hydrogen (secondary N) is 1. The molecule has 2 rings (SSSR count). The van der Waals surface area contributed by atoms with Crippen molar-refractivity contribution in [3.8, 4) is 5.75 Å². The quantitative estimate of drug-likeness (QED) is 0.837. The second kappa shape index (κ2) is 5.19. The monoisotopic (exact) mass is 313 g/mol. The van der Waals surface area contributed by atoms with Gasteiger partial charge in [0.05, 0.1) is 12.7 Å². The highest BCUT2D eigenvalue weighted by Gasteiger charge is 2.26. The Kier molecular flexibility index (Phi) is 3.99. The van der Waals surface area contributed by atoms with Crippen LogP contribution in [0.5, 0.6) is 5.75 Å². The molecule has 2 N–H and O–H groups in total. The Labute approximate surface area is 117 Å². The van der Waals surface area contributed by atoms with Crippen LogP contribution in [-0.4, -0.2) is 24.8 Å². The molecule has 1 unspecified atom stereocenters. The van der Waals surface area contributed by atoms with Crippen LogP contribution in [0.25, 0.3) is 0 Å². The Morgan fingerprint density at radius 1 is 1.39 bits per heavy atom. The van der Waals surface area contributed by atoms with E-state index in [1.54, 1.807) is 0 Å². The second-order valence-electron chi connectivity index (χ2n) is 5.70. The first-order valence-corrected chi connectivity index (χ1v) is 7.04. The van der Waals surface area contributed by atoms with Crippen LogP contribution in [0, 0.1) is 0 Å². The molecule has 0 saturated carbocycles. The number of benzene rings is 1. The zero-order valence-corrected chi connectivity index (χ0v) is 12.7. The van der Waals surface area contributed by atoms with E-state index in [1.807, 2.05) is 12.1 Å². The Morgan fingerprint density at radius 2 is 2.11 bits per heavy atom. The second-order valence-corrected chi connectivity index (χ2v) is 6.62. The molecule has 0 spiro atoms. The van der Waals surface area contributed by atoms with E-state index < -0.39 is 0 Å². The summed E-state index contributed by atoms with van der Waals surface area (Å²) in [4.78, 5) is 0. The molecular formula is C14H20BrNO2. The van der Waals surface area contributed by atoms with Crippen LogP contribution < -0.4 is 5.32 Å². The number of halogens is 1. The van der Waals surface area contributed by atoms with Crippen LogP contribution in [0.3, 0.4) is 0 Å². The maximum Gasteiger partial charge on any atom is 0.125 e. The summed E-state index contributed by atoms with van der Waals surface area (Å²) in [5, 5.41) is 13.8. The van der Waals surface area contributed by atoms with E-state index in [4.69, 9.17) is 4.74 Å². The van der Waals surface area contributed by atoms with Crippen molar-refractivity contribution in [1.29, 1.82) is 0 Å². The van der Waals surface area contributed by atoms with Crippen molar-refractivity contribution in [2.45, 2.75) is 32.3 Å². The largest absolute Gasteiger partial charge is 0.507 e. The summed E-state index contributed by atoms with van der Waals surface area (Å²) in [7, 11) is 0. The Morgan fingerprint density at radius 3 is 2.67 bits per heavy atom. The first-order valence-electron chi connectivity index (χ1n) is 6.25. The van der Waals surface area contributed by atoms with Crippen LogP contribution in [0.15, 0.2) is 16.6 Å². The van der Waals surface area contributed by atoms with E-state index in [2.05, 4.69) is 42.0 Å². The molecule has 1 aromatic carbocycles. The molecule has 100 valence electrons. The van der Waals surface area contributed by atoms with Gasteiger partial charge < -0.3 is 15.2 Å². The third-order valence-corrected chi connectivity index (χ3v) is 3.64. The lowest BCUT2D eigenvalue weighted by molar-refractivity contribution is 0.0261. The van der Waals surface area contributed by atoms with Crippen molar-refractivity contribution in [1.82, 2.24) is 5.32 Å². The van der Waals surface area contributed by atoms with E-state index in [9.17, 15) is 5.11 Å². The standard InChI is InChI=1S/C14H20BrNO2/c1-14(2,3)11-7-9(15)6-10(13(11)17)12-8-16-4-5-18-12/h6-7,12,16-17H,4-5,8H2,1-3H3. The molecule has 1 saturated heterocycles. The normalized spacial score (nSPS) is 21.0. The Balaban J connectivity index is 2.44. The first kappa shape index (κ1) is 13.8. The van der Waals surface area contributed by atoms with Crippen molar-refractivity contribution in [3.63, 3.8) is 0 Å². The fraction of sp³-hybridized carbons (Fsp3) is 0.571. The van der Waals surface area contributed by atoms with Crippen molar-refractivity contribution < 1.29 is 9.84 Å². The summed E-state index contributed by atoms with van der Waals surface area (Å²) in [5.74, 6) is 0.361. The number of aromatic hydroxyl groups is 1. The maximum atomic E-state index is 10.5. The average molecular weight is 314 g/mol. The van der Waals surface area contributed by atoms with Crippen molar-refractivity contribution in [2.24, 2.45) is 0 Å². The third-order valence-electron chi connectivity index (χ3n) is 3.19. The number of morpholine rings is 1. The van der Waals surface area contributed by atoms with Crippen molar-refractivity contribution in [2.75, 3.05) is 19.7 Å². The fourth-order valence-corrected chi connectivity index (χ4v) is 2.68. The minimum Gasteiger partial charge on any atom is -0.507 e. The van der Waals surface area contributed by atoms with Crippen molar-refractivity contribution >= 4 is 15.9 Å². The van der Waals surface area contributed by atoms with Crippen LogP contribution in [0.4, 0.5) is 0 Å². The predicted molar refractivity (Wildman–Crippen MR) is 76.1 cm³/mol.